The van der Waals surface area contributed by atoms with Crippen molar-refractivity contribution in [2.24, 2.45) is 0 Å². The monoisotopic (exact) mass is 397 g/mol. The molecule has 0 radical (unpaired) electrons. The van der Waals surface area contributed by atoms with E-state index in [2.05, 4.69) is 16.2 Å². The minimum Gasteiger partial charge on any atom is -0.493 e. The lowest BCUT2D eigenvalue weighted by Crippen LogP contribution is -2.41. The summed E-state index contributed by atoms with van der Waals surface area (Å²) in [4.78, 5) is 36.1. The van der Waals surface area contributed by atoms with Crippen LogP contribution in [0.2, 0.25) is 0 Å². The van der Waals surface area contributed by atoms with Gasteiger partial charge in [0.1, 0.15) is 5.75 Å². The van der Waals surface area contributed by atoms with E-state index in [-0.39, 0.29) is 24.1 Å². The highest BCUT2D eigenvalue weighted by atomic mass is 16.5. The zero-order valence-electron chi connectivity index (χ0n) is 16.8. The minimum absolute atomic E-state index is 0.169. The first-order valence-corrected chi connectivity index (χ1v) is 9.73. The number of aryl methyl sites for hydroxylation is 1. The van der Waals surface area contributed by atoms with E-state index >= 15 is 0 Å². The lowest BCUT2D eigenvalue weighted by molar-refractivity contribution is -0.121. The van der Waals surface area contributed by atoms with Crippen LogP contribution in [0, 0.1) is 0 Å². The van der Waals surface area contributed by atoms with Gasteiger partial charge in [0, 0.05) is 18.5 Å². The molecule has 2 aromatic carbocycles. The van der Waals surface area contributed by atoms with Gasteiger partial charge >= 0.3 is 0 Å². The maximum atomic E-state index is 12.3. The second-order valence-electron chi connectivity index (χ2n) is 6.34. The van der Waals surface area contributed by atoms with Gasteiger partial charge in [-0.1, -0.05) is 31.2 Å². The molecule has 0 spiro atoms. The largest absolute Gasteiger partial charge is 0.493 e. The molecule has 0 heterocycles. The summed E-state index contributed by atoms with van der Waals surface area (Å²) in [7, 11) is 0. The predicted molar refractivity (Wildman–Crippen MR) is 111 cm³/mol. The van der Waals surface area contributed by atoms with Gasteiger partial charge in [0.2, 0.25) is 5.91 Å². The van der Waals surface area contributed by atoms with Crippen molar-refractivity contribution < 1.29 is 19.1 Å². The molecule has 7 nitrogen and oxygen atoms in total. The molecule has 3 amide bonds. The Kier molecular flexibility index (Phi) is 8.69. The van der Waals surface area contributed by atoms with Crippen LogP contribution in [-0.2, 0) is 11.2 Å². The second kappa shape index (κ2) is 11.5. The molecule has 2 aromatic rings. The number of rotatable bonds is 9. The molecule has 0 atom stereocenters. The van der Waals surface area contributed by atoms with E-state index in [9.17, 15) is 14.4 Å². The van der Waals surface area contributed by atoms with Crippen molar-refractivity contribution in [2.45, 2.75) is 33.1 Å². The van der Waals surface area contributed by atoms with Crippen molar-refractivity contribution in [1.82, 2.24) is 16.2 Å². The number of amides is 3. The molecule has 0 saturated carbocycles. The molecule has 3 N–H and O–H groups in total. The second-order valence-corrected chi connectivity index (χ2v) is 6.34. The lowest BCUT2D eigenvalue weighted by Gasteiger charge is -2.10. The van der Waals surface area contributed by atoms with Crippen molar-refractivity contribution >= 4 is 17.7 Å². The van der Waals surface area contributed by atoms with Crippen LogP contribution >= 0.6 is 0 Å². The molecular weight excluding hydrogens is 370 g/mol. The number of ether oxygens (including phenoxy) is 1. The molecule has 154 valence electrons. The van der Waals surface area contributed by atoms with Gasteiger partial charge in [-0.05, 0) is 49.6 Å². The molecule has 0 aromatic heterocycles. The number of para-hydroxylation sites is 1. The molecule has 0 aliphatic carbocycles. The van der Waals surface area contributed by atoms with E-state index in [0.717, 1.165) is 12.0 Å². The quantitative estimate of drug-likeness (QED) is 0.448. The number of hydrazine groups is 1. The third-order valence-electron chi connectivity index (χ3n) is 4.24. The fourth-order valence-electron chi connectivity index (χ4n) is 2.63. The van der Waals surface area contributed by atoms with Crippen molar-refractivity contribution in [3.63, 3.8) is 0 Å². The number of benzene rings is 2. The third-order valence-corrected chi connectivity index (χ3v) is 4.24. The summed E-state index contributed by atoms with van der Waals surface area (Å²) >= 11 is 0. The van der Waals surface area contributed by atoms with Gasteiger partial charge in [-0.2, -0.15) is 0 Å². The molecule has 2 rings (SSSR count). The first-order valence-electron chi connectivity index (χ1n) is 9.73. The Morgan fingerprint density at radius 1 is 0.897 bits per heavy atom. The maximum Gasteiger partial charge on any atom is 0.269 e. The van der Waals surface area contributed by atoms with Crippen molar-refractivity contribution in [2.75, 3.05) is 13.2 Å². The smallest absolute Gasteiger partial charge is 0.269 e. The Bertz CT molecular complexity index is 834. The standard InChI is InChI=1S/C22H27N3O4/c1-3-16-11-13-17(14-12-16)21(27)25-24-20(26)10-7-15-23-22(28)18-8-5-6-9-19(18)29-4-2/h5-6,8-9,11-14H,3-4,7,10,15H2,1-2H3,(H,23,28)(H,24,26)(H,25,27). The summed E-state index contributed by atoms with van der Waals surface area (Å²) in [5, 5.41) is 2.77. The van der Waals surface area contributed by atoms with Crippen LogP contribution in [0.3, 0.4) is 0 Å². The summed E-state index contributed by atoms with van der Waals surface area (Å²) < 4.78 is 5.44. The Balaban J connectivity index is 1.69. The number of nitrogens with one attached hydrogen (secondary N) is 3. The highest BCUT2D eigenvalue weighted by molar-refractivity contribution is 5.97. The zero-order valence-corrected chi connectivity index (χ0v) is 16.8. The Morgan fingerprint density at radius 2 is 1.62 bits per heavy atom. The molecule has 29 heavy (non-hydrogen) atoms. The molecule has 0 unspecified atom stereocenters. The molecule has 0 saturated heterocycles. The van der Waals surface area contributed by atoms with E-state index in [1.54, 1.807) is 36.4 Å². The SMILES string of the molecule is CCOc1ccccc1C(=O)NCCCC(=O)NNC(=O)c1ccc(CC)cc1. The molecule has 0 aliphatic heterocycles. The number of hydrogen-bond acceptors (Lipinski definition) is 4. The molecule has 0 aliphatic rings. The van der Waals surface area contributed by atoms with Gasteiger partial charge in [0.25, 0.3) is 11.8 Å². The normalized spacial score (nSPS) is 10.1. The predicted octanol–water partition coefficient (Wildman–Crippen LogP) is 2.62. The van der Waals surface area contributed by atoms with E-state index < -0.39 is 0 Å². The molecule has 0 bridgehead atoms. The molecule has 7 heteroatoms. The van der Waals surface area contributed by atoms with Gasteiger partial charge in [-0.25, -0.2) is 0 Å². The van der Waals surface area contributed by atoms with Crippen LogP contribution in [0.4, 0.5) is 0 Å². The Labute approximate surface area is 170 Å². The number of carbonyl (C=O) groups excluding carboxylic acids is 3. The topological polar surface area (TPSA) is 96.5 Å². The van der Waals surface area contributed by atoms with Gasteiger partial charge in [0.15, 0.2) is 0 Å². The summed E-state index contributed by atoms with van der Waals surface area (Å²) in [5.41, 5.74) is 6.84. The van der Waals surface area contributed by atoms with Crippen LogP contribution in [0.5, 0.6) is 5.75 Å². The van der Waals surface area contributed by atoms with E-state index in [1.807, 2.05) is 26.0 Å². The van der Waals surface area contributed by atoms with Gasteiger partial charge in [0.05, 0.1) is 12.2 Å². The van der Waals surface area contributed by atoms with Gasteiger partial charge in [-0.3, -0.25) is 25.2 Å². The number of carbonyl (C=O) groups is 3. The van der Waals surface area contributed by atoms with Crippen LogP contribution in [0.15, 0.2) is 48.5 Å². The lowest BCUT2D eigenvalue weighted by atomic mass is 10.1. The fraction of sp³-hybridized carbons (Fsp3) is 0.318. The van der Waals surface area contributed by atoms with Crippen molar-refractivity contribution in [3.8, 4) is 5.75 Å². The van der Waals surface area contributed by atoms with Crippen LogP contribution in [-0.4, -0.2) is 30.9 Å². The van der Waals surface area contributed by atoms with Crippen LogP contribution in [0.1, 0.15) is 53.0 Å². The average molecular weight is 397 g/mol. The molecular formula is C22H27N3O4. The maximum absolute atomic E-state index is 12.3. The van der Waals surface area contributed by atoms with Crippen molar-refractivity contribution in [3.05, 3.63) is 65.2 Å². The van der Waals surface area contributed by atoms with Gasteiger partial charge in [-0.15, -0.1) is 0 Å². The van der Waals surface area contributed by atoms with Gasteiger partial charge < -0.3 is 10.1 Å². The Morgan fingerprint density at radius 3 is 2.31 bits per heavy atom. The Hall–Kier alpha value is -3.35. The zero-order chi connectivity index (χ0) is 21.1. The highest BCUT2D eigenvalue weighted by Gasteiger charge is 2.12. The number of hydrogen-bond donors (Lipinski definition) is 3. The van der Waals surface area contributed by atoms with Crippen LogP contribution in [0.25, 0.3) is 0 Å². The summed E-state index contributed by atoms with van der Waals surface area (Å²) in [6.07, 6.45) is 1.50. The van der Waals surface area contributed by atoms with E-state index in [1.165, 1.54) is 0 Å². The highest BCUT2D eigenvalue weighted by Crippen LogP contribution is 2.17. The van der Waals surface area contributed by atoms with Crippen molar-refractivity contribution in [1.29, 1.82) is 0 Å². The summed E-state index contributed by atoms with van der Waals surface area (Å²) in [6.45, 7) is 4.69. The van der Waals surface area contributed by atoms with E-state index in [0.29, 0.717) is 36.4 Å². The molecule has 0 fully saturated rings. The first kappa shape index (κ1) is 21.9. The van der Waals surface area contributed by atoms with Crippen LogP contribution < -0.4 is 20.9 Å². The third kappa shape index (κ3) is 6.95. The summed E-state index contributed by atoms with van der Waals surface area (Å²) in [6, 6.07) is 14.2. The van der Waals surface area contributed by atoms with E-state index in [4.69, 9.17) is 4.74 Å². The summed E-state index contributed by atoms with van der Waals surface area (Å²) in [5.74, 6) is -0.424. The fourth-order valence-corrected chi connectivity index (χ4v) is 2.63. The minimum atomic E-state index is -0.373. The first-order chi connectivity index (χ1) is 14.0. The average Bonchev–Trinajstić information content (AvgIpc) is 2.75.